The van der Waals surface area contributed by atoms with E-state index in [0.29, 0.717) is 6.07 Å². The lowest BCUT2D eigenvalue weighted by Gasteiger charge is -2.17. The number of rotatable bonds is 6. The van der Waals surface area contributed by atoms with Crippen molar-refractivity contribution in [3.05, 3.63) is 95.3 Å². The predicted octanol–water partition coefficient (Wildman–Crippen LogP) is 4.95. The zero-order valence-corrected chi connectivity index (χ0v) is 17.0. The number of urea groups is 1. The average molecular weight is 461 g/mol. The number of aliphatic hydroxyl groups excluding tert-OH is 1. The highest BCUT2D eigenvalue weighted by Gasteiger charge is 2.34. The maximum absolute atomic E-state index is 13.7. The van der Waals surface area contributed by atoms with Gasteiger partial charge in [0.2, 0.25) is 0 Å². The van der Waals surface area contributed by atoms with Crippen LogP contribution in [0.4, 0.5) is 33.7 Å². The van der Waals surface area contributed by atoms with Gasteiger partial charge in [-0.1, -0.05) is 36.4 Å². The molecule has 3 aromatic carbocycles. The van der Waals surface area contributed by atoms with E-state index in [1.165, 1.54) is 36.4 Å². The van der Waals surface area contributed by atoms with Crippen LogP contribution in [0.25, 0.3) is 0 Å². The molecule has 3 rings (SSSR count). The second kappa shape index (κ2) is 10.1. The molecule has 0 bridgehead atoms. The van der Waals surface area contributed by atoms with Crippen LogP contribution in [0.2, 0.25) is 0 Å². The Labute approximate surface area is 186 Å². The number of anilines is 2. The van der Waals surface area contributed by atoms with Crippen molar-refractivity contribution in [1.82, 2.24) is 5.32 Å². The van der Waals surface area contributed by atoms with Crippen LogP contribution in [-0.2, 0) is 6.18 Å². The fourth-order valence-corrected chi connectivity index (χ4v) is 2.97. The number of carbonyl (C=O) groups is 2. The van der Waals surface area contributed by atoms with Crippen LogP contribution in [0.15, 0.2) is 72.8 Å². The summed E-state index contributed by atoms with van der Waals surface area (Å²) in [6.07, 6.45) is -6.22. The molecular formula is C23H19F4N3O3. The van der Waals surface area contributed by atoms with Crippen molar-refractivity contribution in [2.45, 2.75) is 12.3 Å². The molecule has 1 unspecified atom stereocenters. The summed E-state index contributed by atoms with van der Waals surface area (Å²) in [5.41, 5.74) is -1.65. The minimum atomic E-state index is -4.83. The molecule has 0 spiro atoms. The summed E-state index contributed by atoms with van der Waals surface area (Å²) >= 11 is 0. The SMILES string of the molecule is O=C(NCC(O)c1ccccc1F)Nc1ccc(NC(=O)c2ccccc2)cc1C(F)(F)F. The van der Waals surface area contributed by atoms with Gasteiger partial charge in [0.15, 0.2) is 0 Å². The number of nitrogens with one attached hydrogen (secondary N) is 3. The van der Waals surface area contributed by atoms with Gasteiger partial charge < -0.3 is 21.1 Å². The van der Waals surface area contributed by atoms with E-state index in [2.05, 4.69) is 16.0 Å². The number of hydrogen-bond acceptors (Lipinski definition) is 3. The van der Waals surface area contributed by atoms with Crippen molar-refractivity contribution >= 4 is 23.3 Å². The van der Waals surface area contributed by atoms with Crippen molar-refractivity contribution in [3.63, 3.8) is 0 Å². The van der Waals surface area contributed by atoms with Crippen molar-refractivity contribution in [2.75, 3.05) is 17.2 Å². The molecule has 0 saturated carbocycles. The molecule has 6 nitrogen and oxygen atoms in total. The Morgan fingerprint density at radius 2 is 1.58 bits per heavy atom. The van der Waals surface area contributed by atoms with Gasteiger partial charge in [0, 0.05) is 23.4 Å². The van der Waals surface area contributed by atoms with E-state index in [1.54, 1.807) is 18.2 Å². The number of benzene rings is 3. The molecule has 0 heterocycles. The summed E-state index contributed by atoms with van der Waals surface area (Å²) in [7, 11) is 0. The van der Waals surface area contributed by atoms with Crippen LogP contribution in [-0.4, -0.2) is 23.6 Å². The molecular weight excluding hydrogens is 442 g/mol. The van der Waals surface area contributed by atoms with Crippen molar-refractivity contribution in [3.8, 4) is 0 Å². The Bertz CT molecular complexity index is 1140. The van der Waals surface area contributed by atoms with Gasteiger partial charge in [0.1, 0.15) is 5.82 Å². The number of hydrogen-bond donors (Lipinski definition) is 4. The lowest BCUT2D eigenvalue weighted by atomic mass is 10.1. The molecule has 0 aliphatic carbocycles. The minimum Gasteiger partial charge on any atom is -0.386 e. The first-order valence-electron chi connectivity index (χ1n) is 9.70. The highest BCUT2D eigenvalue weighted by atomic mass is 19.4. The fourth-order valence-electron chi connectivity index (χ4n) is 2.97. The zero-order chi connectivity index (χ0) is 24.0. The predicted molar refractivity (Wildman–Crippen MR) is 114 cm³/mol. The third-order valence-corrected chi connectivity index (χ3v) is 4.59. The summed E-state index contributed by atoms with van der Waals surface area (Å²) in [5.74, 6) is -1.27. The van der Waals surface area contributed by atoms with Gasteiger partial charge in [0.25, 0.3) is 5.91 Å². The molecule has 3 amide bonds. The standard InChI is InChI=1S/C23H19F4N3O3/c24-18-9-5-4-8-16(18)20(31)13-28-22(33)30-19-11-10-15(12-17(19)23(25,26)27)29-21(32)14-6-2-1-3-7-14/h1-12,20,31H,13H2,(H,29,32)(H2,28,30,33). The smallest absolute Gasteiger partial charge is 0.386 e. The average Bonchev–Trinajstić information content (AvgIpc) is 2.78. The zero-order valence-electron chi connectivity index (χ0n) is 17.0. The van der Waals surface area contributed by atoms with E-state index in [4.69, 9.17) is 0 Å². The molecule has 0 radical (unpaired) electrons. The summed E-state index contributed by atoms with van der Waals surface area (Å²) in [4.78, 5) is 24.3. The normalized spacial score (nSPS) is 12.0. The molecule has 3 aromatic rings. The van der Waals surface area contributed by atoms with Crippen molar-refractivity contribution in [2.24, 2.45) is 0 Å². The Hall–Kier alpha value is -3.92. The molecule has 0 aromatic heterocycles. The molecule has 0 aliphatic heterocycles. The maximum atomic E-state index is 13.7. The second-order valence-electron chi connectivity index (χ2n) is 6.95. The first kappa shape index (κ1) is 23.7. The van der Waals surface area contributed by atoms with E-state index in [0.717, 1.165) is 12.1 Å². The van der Waals surface area contributed by atoms with Gasteiger partial charge in [-0.15, -0.1) is 0 Å². The molecule has 0 aliphatic rings. The fraction of sp³-hybridized carbons (Fsp3) is 0.130. The third kappa shape index (κ3) is 6.30. The molecule has 10 heteroatoms. The Balaban J connectivity index is 1.69. The quantitative estimate of drug-likeness (QED) is 0.392. The molecule has 4 N–H and O–H groups in total. The Morgan fingerprint density at radius 3 is 2.24 bits per heavy atom. The van der Waals surface area contributed by atoms with E-state index in [1.807, 2.05) is 0 Å². The first-order valence-corrected chi connectivity index (χ1v) is 9.70. The van der Waals surface area contributed by atoms with Gasteiger partial charge >= 0.3 is 12.2 Å². The number of carbonyl (C=O) groups excluding carboxylic acids is 2. The minimum absolute atomic E-state index is 0.0627. The number of amides is 3. The van der Waals surface area contributed by atoms with Gasteiger partial charge in [-0.2, -0.15) is 13.2 Å². The van der Waals surface area contributed by atoms with Gasteiger partial charge in [-0.25, -0.2) is 9.18 Å². The summed E-state index contributed by atoms with van der Waals surface area (Å²) in [6, 6.07) is 15.2. The van der Waals surface area contributed by atoms with Crippen LogP contribution >= 0.6 is 0 Å². The largest absolute Gasteiger partial charge is 0.418 e. The first-order chi connectivity index (χ1) is 15.6. The van der Waals surface area contributed by atoms with Crippen LogP contribution in [0.3, 0.4) is 0 Å². The van der Waals surface area contributed by atoms with Crippen LogP contribution < -0.4 is 16.0 Å². The summed E-state index contributed by atoms with van der Waals surface area (Å²) in [5, 5.41) is 16.7. The lowest BCUT2D eigenvalue weighted by molar-refractivity contribution is -0.136. The highest BCUT2D eigenvalue weighted by molar-refractivity contribution is 6.04. The number of halogens is 4. The van der Waals surface area contributed by atoms with Gasteiger partial charge in [-0.05, 0) is 36.4 Å². The Morgan fingerprint density at radius 1 is 0.909 bits per heavy atom. The third-order valence-electron chi connectivity index (χ3n) is 4.59. The van der Waals surface area contributed by atoms with E-state index in [-0.39, 0.29) is 16.8 Å². The van der Waals surface area contributed by atoms with Gasteiger partial charge in [0.05, 0.1) is 17.4 Å². The number of alkyl halides is 3. The highest BCUT2D eigenvalue weighted by Crippen LogP contribution is 2.36. The monoisotopic (exact) mass is 461 g/mol. The summed E-state index contributed by atoms with van der Waals surface area (Å²) in [6.45, 7) is -0.431. The topological polar surface area (TPSA) is 90.5 Å². The van der Waals surface area contributed by atoms with Gasteiger partial charge in [-0.3, -0.25) is 4.79 Å². The van der Waals surface area contributed by atoms with Crippen LogP contribution in [0.1, 0.15) is 27.6 Å². The van der Waals surface area contributed by atoms with E-state index >= 15 is 0 Å². The van der Waals surface area contributed by atoms with Crippen molar-refractivity contribution in [1.29, 1.82) is 0 Å². The molecule has 33 heavy (non-hydrogen) atoms. The van der Waals surface area contributed by atoms with Crippen LogP contribution in [0, 0.1) is 5.82 Å². The molecule has 1 atom stereocenters. The number of aliphatic hydroxyl groups is 1. The summed E-state index contributed by atoms with van der Waals surface area (Å²) < 4.78 is 54.3. The van der Waals surface area contributed by atoms with E-state index < -0.39 is 47.8 Å². The second-order valence-corrected chi connectivity index (χ2v) is 6.95. The van der Waals surface area contributed by atoms with Crippen LogP contribution in [0.5, 0.6) is 0 Å². The maximum Gasteiger partial charge on any atom is 0.418 e. The molecule has 0 fully saturated rings. The Kier molecular flexibility index (Phi) is 7.29. The molecule has 0 saturated heterocycles. The lowest BCUT2D eigenvalue weighted by Crippen LogP contribution is -2.33. The van der Waals surface area contributed by atoms with Crippen molar-refractivity contribution < 1.29 is 32.3 Å². The molecule has 172 valence electrons. The van der Waals surface area contributed by atoms with E-state index in [9.17, 15) is 32.3 Å².